The summed E-state index contributed by atoms with van der Waals surface area (Å²) in [6.45, 7) is 5.41. The first-order valence-corrected chi connectivity index (χ1v) is 6.87. The molecule has 0 spiro atoms. The number of carbonyl (C=O) groups is 1. The minimum Gasteiger partial charge on any atom is -0.393 e. The molecular weight excluding hydrogens is 216 g/mol. The van der Waals surface area contributed by atoms with Gasteiger partial charge in [0.25, 0.3) is 0 Å². The maximum absolute atomic E-state index is 12.0. The molecule has 17 heavy (non-hydrogen) atoms. The average Bonchev–Trinajstić information content (AvgIpc) is 2.50. The van der Waals surface area contributed by atoms with Crippen molar-refractivity contribution >= 4 is 6.03 Å². The van der Waals surface area contributed by atoms with E-state index >= 15 is 0 Å². The topological polar surface area (TPSA) is 52.6 Å². The highest BCUT2D eigenvalue weighted by Gasteiger charge is 2.25. The molecule has 2 unspecified atom stereocenters. The molecule has 1 aliphatic heterocycles. The van der Waals surface area contributed by atoms with Gasteiger partial charge in [-0.25, -0.2) is 4.79 Å². The van der Waals surface area contributed by atoms with Crippen molar-refractivity contribution in [3.63, 3.8) is 0 Å². The van der Waals surface area contributed by atoms with E-state index < -0.39 is 0 Å². The highest BCUT2D eigenvalue weighted by Crippen LogP contribution is 2.20. The SMILES string of the molecule is CCCNC(=O)N1CCCCCC1CC(C)O. The van der Waals surface area contributed by atoms with E-state index in [1.807, 2.05) is 4.90 Å². The van der Waals surface area contributed by atoms with Gasteiger partial charge in [-0.1, -0.05) is 19.8 Å². The summed E-state index contributed by atoms with van der Waals surface area (Å²) in [6, 6.07) is 0.244. The van der Waals surface area contributed by atoms with Crippen LogP contribution in [0.15, 0.2) is 0 Å². The highest BCUT2D eigenvalue weighted by atomic mass is 16.3. The minimum atomic E-state index is -0.334. The molecule has 4 heteroatoms. The van der Waals surface area contributed by atoms with E-state index in [2.05, 4.69) is 12.2 Å². The molecule has 0 bridgehead atoms. The summed E-state index contributed by atoms with van der Waals surface area (Å²) >= 11 is 0. The Morgan fingerprint density at radius 1 is 1.47 bits per heavy atom. The fourth-order valence-corrected chi connectivity index (χ4v) is 2.42. The molecule has 1 aliphatic rings. The number of rotatable bonds is 4. The summed E-state index contributed by atoms with van der Waals surface area (Å²) < 4.78 is 0. The first-order valence-electron chi connectivity index (χ1n) is 6.87. The van der Waals surface area contributed by atoms with E-state index in [1.54, 1.807) is 6.92 Å². The van der Waals surface area contributed by atoms with E-state index in [0.29, 0.717) is 6.42 Å². The van der Waals surface area contributed by atoms with Crippen LogP contribution in [-0.4, -0.2) is 41.3 Å². The zero-order valence-corrected chi connectivity index (χ0v) is 11.1. The van der Waals surface area contributed by atoms with Gasteiger partial charge >= 0.3 is 6.03 Å². The first kappa shape index (κ1) is 14.3. The third-order valence-electron chi connectivity index (χ3n) is 3.28. The lowest BCUT2D eigenvalue weighted by molar-refractivity contribution is 0.122. The van der Waals surface area contributed by atoms with Gasteiger partial charge in [0.2, 0.25) is 0 Å². The monoisotopic (exact) mass is 242 g/mol. The van der Waals surface area contributed by atoms with Gasteiger partial charge in [-0.15, -0.1) is 0 Å². The zero-order chi connectivity index (χ0) is 12.7. The van der Waals surface area contributed by atoms with Crippen LogP contribution < -0.4 is 5.32 Å². The third kappa shape index (κ3) is 4.94. The summed E-state index contributed by atoms with van der Waals surface area (Å²) in [6.07, 6.45) is 5.77. The van der Waals surface area contributed by atoms with Gasteiger partial charge in [-0.3, -0.25) is 0 Å². The second-order valence-corrected chi connectivity index (χ2v) is 5.01. The van der Waals surface area contributed by atoms with E-state index in [0.717, 1.165) is 38.8 Å². The largest absolute Gasteiger partial charge is 0.393 e. The number of likely N-dealkylation sites (tertiary alicyclic amines) is 1. The molecule has 0 aromatic heterocycles. The van der Waals surface area contributed by atoms with Crippen LogP contribution in [0.3, 0.4) is 0 Å². The Morgan fingerprint density at radius 2 is 2.24 bits per heavy atom. The molecule has 0 aromatic rings. The number of urea groups is 1. The highest BCUT2D eigenvalue weighted by molar-refractivity contribution is 5.74. The molecule has 1 saturated heterocycles. The maximum Gasteiger partial charge on any atom is 0.317 e. The number of aliphatic hydroxyl groups excluding tert-OH is 1. The molecular formula is C13H26N2O2. The van der Waals surface area contributed by atoms with Crippen molar-refractivity contribution in [2.75, 3.05) is 13.1 Å². The molecule has 1 fully saturated rings. The summed E-state index contributed by atoms with van der Waals surface area (Å²) in [4.78, 5) is 14.0. The number of carbonyl (C=O) groups excluding carboxylic acids is 1. The lowest BCUT2D eigenvalue weighted by Gasteiger charge is -2.31. The molecule has 4 nitrogen and oxygen atoms in total. The number of nitrogens with one attached hydrogen (secondary N) is 1. The van der Waals surface area contributed by atoms with Gasteiger partial charge in [0.15, 0.2) is 0 Å². The molecule has 1 rings (SSSR count). The minimum absolute atomic E-state index is 0.0411. The lowest BCUT2D eigenvalue weighted by atomic mass is 10.0. The van der Waals surface area contributed by atoms with Crippen molar-refractivity contribution in [3.8, 4) is 0 Å². The van der Waals surface area contributed by atoms with Crippen molar-refractivity contribution in [3.05, 3.63) is 0 Å². The summed E-state index contributed by atoms with van der Waals surface area (Å²) in [5.74, 6) is 0. The smallest absolute Gasteiger partial charge is 0.317 e. The van der Waals surface area contributed by atoms with E-state index in [1.165, 1.54) is 6.42 Å². The van der Waals surface area contributed by atoms with Crippen LogP contribution in [-0.2, 0) is 0 Å². The summed E-state index contributed by atoms with van der Waals surface area (Å²) in [7, 11) is 0. The van der Waals surface area contributed by atoms with Gasteiger partial charge in [0.05, 0.1) is 6.10 Å². The van der Waals surface area contributed by atoms with Crippen molar-refractivity contribution < 1.29 is 9.90 Å². The summed E-state index contributed by atoms with van der Waals surface area (Å²) in [5, 5.41) is 12.5. The molecule has 0 saturated carbocycles. The van der Waals surface area contributed by atoms with Crippen molar-refractivity contribution in [1.29, 1.82) is 0 Å². The molecule has 100 valence electrons. The molecule has 2 amide bonds. The van der Waals surface area contributed by atoms with Gasteiger partial charge in [0, 0.05) is 19.1 Å². The Hall–Kier alpha value is -0.770. The van der Waals surface area contributed by atoms with Crippen molar-refractivity contribution in [1.82, 2.24) is 10.2 Å². The number of hydrogen-bond acceptors (Lipinski definition) is 2. The quantitative estimate of drug-likeness (QED) is 0.793. The second kappa shape index (κ2) is 7.54. The lowest BCUT2D eigenvalue weighted by Crippen LogP contribution is -2.47. The Labute approximate surface area is 104 Å². The molecule has 1 heterocycles. The fraction of sp³-hybridized carbons (Fsp3) is 0.923. The van der Waals surface area contributed by atoms with Crippen LogP contribution in [0.5, 0.6) is 0 Å². The van der Waals surface area contributed by atoms with Crippen LogP contribution in [0.25, 0.3) is 0 Å². The molecule has 2 atom stereocenters. The van der Waals surface area contributed by atoms with E-state index in [-0.39, 0.29) is 18.2 Å². The Bertz CT molecular complexity index is 231. The fourth-order valence-electron chi connectivity index (χ4n) is 2.42. The van der Waals surface area contributed by atoms with E-state index in [4.69, 9.17) is 0 Å². The van der Waals surface area contributed by atoms with Crippen molar-refractivity contribution in [2.24, 2.45) is 0 Å². The zero-order valence-electron chi connectivity index (χ0n) is 11.1. The first-order chi connectivity index (χ1) is 8.15. The summed E-state index contributed by atoms with van der Waals surface area (Å²) in [5.41, 5.74) is 0. The van der Waals surface area contributed by atoms with Gasteiger partial charge in [0.1, 0.15) is 0 Å². The van der Waals surface area contributed by atoms with Gasteiger partial charge < -0.3 is 15.3 Å². The predicted molar refractivity (Wildman–Crippen MR) is 68.9 cm³/mol. The van der Waals surface area contributed by atoms with E-state index in [9.17, 15) is 9.90 Å². The average molecular weight is 242 g/mol. The van der Waals surface area contributed by atoms with Gasteiger partial charge in [-0.05, 0) is 32.6 Å². The Balaban J connectivity index is 2.57. The van der Waals surface area contributed by atoms with Crippen LogP contribution in [0.4, 0.5) is 4.79 Å². The van der Waals surface area contributed by atoms with Crippen LogP contribution in [0.1, 0.15) is 52.4 Å². The Kier molecular flexibility index (Phi) is 6.34. The standard InChI is InChI=1S/C13H26N2O2/c1-3-8-14-13(17)15-9-6-4-5-7-12(15)10-11(2)16/h11-12,16H,3-10H2,1-2H3,(H,14,17). The maximum atomic E-state index is 12.0. The van der Waals surface area contributed by atoms with Crippen LogP contribution in [0.2, 0.25) is 0 Å². The van der Waals surface area contributed by atoms with Gasteiger partial charge in [-0.2, -0.15) is 0 Å². The molecule has 2 N–H and O–H groups in total. The molecule has 0 aliphatic carbocycles. The number of nitrogens with zero attached hydrogens (tertiary/aromatic N) is 1. The molecule has 0 aromatic carbocycles. The normalized spacial score (nSPS) is 23.0. The van der Waals surface area contributed by atoms with Crippen LogP contribution >= 0.6 is 0 Å². The number of hydrogen-bond donors (Lipinski definition) is 2. The predicted octanol–water partition coefficient (Wildman–Crippen LogP) is 2.12. The second-order valence-electron chi connectivity index (χ2n) is 5.01. The Morgan fingerprint density at radius 3 is 2.88 bits per heavy atom. The number of amides is 2. The third-order valence-corrected chi connectivity index (χ3v) is 3.28. The van der Waals surface area contributed by atoms with Crippen LogP contribution in [0, 0.1) is 0 Å². The number of aliphatic hydroxyl groups is 1. The molecule has 0 radical (unpaired) electrons. The van der Waals surface area contributed by atoms with Crippen molar-refractivity contribution in [2.45, 2.75) is 64.5 Å².